The smallest absolute Gasteiger partial charge is 0.258 e. The summed E-state index contributed by atoms with van der Waals surface area (Å²) in [4.78, 5) is 12.1. The standard InChI is InChI=1S/C15H12N2O2S/c1-10-3-6-15(11(2)7-10)20-13-4-5-14(17(18)19)12(8-13)9-16/h3-8H,1-2H3. The molecular formula is C15H12N2O2S. The summed E-state index contributed by atoms with van der Waals surface area (Å²) in [6.45, 7) is 4.05. The van der Waals surface area contributed by atoms with Crippen molar-refractivity contribution in [1.82, 2.24) is 0 Å². The predicted octanol–water partition coefficient (Wildman–Crippen LogP) is 4.23. The van der Waals surface area contributed by atoms with E-state index in [1.807, 2.05) is 32.0 Å². The third kappa shape index (κ3) is 2.98. The van der Waals surface area contributed by atoms with Gasteiger partial charge in [0.15, 0.2) is 0 Å². The summed E-state index contributed by atoms with van der Waals surface area (Å²) in [5, 5.41) is 19.8. The Balaban J connectivity index is 2.35. The number of hydrogen-bond acceptors (Lipinski definition) is 4. The van der Waals surface area contributed by atoms with Gasteiger partial charge < -0.3 is 0 Å². The number of hydrogen-bond donors (Lipinski definition) is 0. The van der Waals surface area contributed by atoms with Crippen LogP contribution in [0.15, 0.2) is 46.2 Å². The molecule has 2 rings (SSSR count). The molecule has 0 saturated heterocycles. The first-order valence-electron chi connectivity index (χ1n) is 5.95. The highest BCUT2D eigenvalue weighted by Gasteiger charge is 2.14. The van der Waals surface area contributed by atoms with Crippen LogP contribution in [0.25, 0.3) is 0 Å². The highest BCUT2D eigenvalue weighted by Crippen LogP contribution is 2.33. The average Bonchev–Trinajstić information content (AvgIpc) is 2.41. The summed E-state index contributed by atoms with van der Waals surface area (Å²) in [5.74, 6) is 0. The van der Waals surface area contributed by atoms with E-state index >= 15 is 0 Å². The highest BCUT2D eigenvalue weighted by atomic mass is 32.2. The maximum atomic E-state index is 10.8. The molecule has 0 aliphatic rings. The van der Waals surface area contributed by atoms with Gasteiger partial charge in [0.1, 0.15) is 11.6 Å². The van der Waals surface area contributed by atoms with Crippen molar-refractivity contribution >= 4 is 17.4 Å². The zero-order chi connectivity index (χ0) is 14.7. The van der Waals surface area contributed by atoms with E-state index in [0.717, 1.165) is 15.4 Å². The number of nitrogens with zero attached hydrogens (tertiary/aromatic N) is 2. The third-order valence-corrected chi connectivity index (χ3v) is 4.01. The highest BCUT2D eigenvalue weighted by molar-refractivity contribution is 7.99. The second kappa shape index (κ2) is 5.76. The normalized spacial score (nSPS) is 10.1. The number of nitriles is 1. The maximum absolute atomic E-state index is 10.8. The van der Waals surface area contributed by atoms with Crippen LogP contribution in [0.1, 0.15) is 16.7 Å². The minimum absolute atomic E-state index is 0.0877. The molecule has 0 spiro atoms. The minimum atomic E-state index is -0.538. The van der Waals surface area contributed by atoms with Crippen LogP contribution < -0.4 is 0 Å². The van der Waals surface area contributed by atoms with Gasteiger partial charge in [0, 0.05) is 15.9 Å². The van der Waals surface area contributed by atoms with Gasteiger partial charge in [0.25, 0.3) is 5.69 Å². The Morgan fingerprint density at radius 1 is 1.20 bits per heavy atom. The Bertz CT molecular complexity index is 720. The Morgan fingerprint density at radius 3 is 2.55 bits per heavy atom. The van der Waals surface area contributed by atoms with Crippen LogP contribution in [-0.2, 0) is 0 Å². The second-order valence-corrected chi connectivity index (χ2v) is 5.53. The van der Waals surface area contributed by atoms with Gasteiger partial charge in [-0.3, -0.25) is 10.1 Å². The van der Waals surface area contributed by atoms with E-state index in [0.29, 0.717) is 0 Å². The van der Waals surface area contributed by atoms with Gasteiger partial charge >= 0.3 is 0 Å². The topological polar surface area (TPSA) is 66.9 Å². The fourth-order valence-corrected chi connectivity index (χ4v) is 2.79. The summed E-state index contributed by atoms with van der Waals surface area (Å²) in [5.41, 5.74) is 2.27. The van der Waals surface area contributed by atoms with Gasteiger partial charge in [-0.05, 0) is 37.6 Å². The van der Waals surface area contributed by atoms with Crippen molar-refractivity contribution in [3.8, 4) is 6.07 Å². The summed E-state index contributed by atoms with van der Waals surface area (Å²) >= 11 is 1.50. The first-order chi connectivity index (χ1) is 9.51. The molecule has 0 atom stereocenters. The summed E-state index contributed by atoms with van der Waals surface area (Å²) < 4.78 is 0. The largest absolute Gasteiger partial charge is 0.287 e. The molecule has 0 aliphatic heterocycles. The third-order valence-electron chi connectivity index (χ3n) is 2.84. The lowest BCUT2D eigenvalue weighted by atomic mass is 10.2. The Kier molecular flexibility index (Phi) is 4.06. The number of benzene rings is 2. The van der Waals surface area contributed by atoms with Crippen molar-refractivity contribution in [3.63, 3.8) is 0 Å². The molecule has 0 aromatic heterocycles. The molecule has 0 radical (unpaired) electrons. The molecule has 0 aliphatic carbocycles. The van der Waals surface area contributed by atoms with E-state index in [4.69, 9.17) is 5.26 Å². The number of rotatable bonds is 3. The summed E-state index contributed by atoms with van der Waals surface area (Å²) in [7, 11) is 0. The molecule has 20 heavy (non-hydrogen) atoms. The molecule has 0 unspecified atom stereocenters. The lowest BCUT2D eigenvalue weighted by Gasteiger charge is -2.07. The van der Waals surface area contributed by atoms with Crippen LogP contribution in [0.5, 0.6) is 0 Å². The zero-order valence-electron chi connectivity index (χ0n) is 11.1. The van der Waals surface area contributed by atoms with E-state index in [9.17, 15) is 10.1 Å². The van der Waals surface area contributed by atoms with Crippen LogP contribution in [-0.4, -0.2) is 4.92 Å². The summed E-state index contributed by atoms with van der Waals surface area (Å²) in [6, 6.07) is 12.6. The van der Waals surface area contributed by atoms with Crippen LogP contribution in [0, 0.1) is 35.3 Å². The maximum Gasteiger partial charge on any atom is 0.287 e. The molecule has 2 aromatic rings. The van der Waals surface area contributed by atoms with Gasteiger partial charge in [-0.25, -0.2) is 0 Å². The molecule has 0 fully saturated rings. The van der Waals surface area contributed by atoms with Crippen LogP contribution in [0.2, 0.25) is 0 Å². The van der Waals surface area contributed by atoms with Gasteiger partial charge in [0.2, 0.25) is 0 Å². The second-order valence-electron chi connectivity index (χ2n) is 4.42. The Morgan fingerprint density at radius 2 is 1.95 bits per heavy atom. The van der Waals surface area contributed by atoms with E-state index in [1.165, 1.54) is 23.4 Å². The lowest BCUT2D eigenvalue weighted by molar-refractivity contribution is -0.385. The Hall–Kier alpha value is -2.32. The molecule has 2 aromatic carbocycles. The van der Waals surface area contributed by atoms with Crippen molar-refractivity contribution in [2.24, 2.45) is 0 Å². The molecule has 0 heterocycles. The molecule has 5 heteroatoms. The molecule has 100 valence electrons. The molecule has 4 nitrogen and oxygen atoms in total. The van der Waals surface area contributed by atoms with Gasteiger partial charge in [-0.15, -0.1) is 0 Å². The first kappa shape index (κ1) is 14.1. The Labute approximate surface area is 121 Å². The van der Waals surface area contributed by atoms with Gasteiger partial charge in [0.05, 0.1) is 4.92 Å². The average molecular weight is 284 g/mol. The minimum Gasteiger partial charge on any atom is -0.258 e. The number of nitro groups is 1. The van der Waals surface area contributed by atoms with E-state index < -0.39 is 4.92 Å². The van der Waals surface area contributed by atoms with Crippen LogP contribution in [0.3, 0.4) is 0 Å². The van der Waals surface area contributed by atoms with Crippen molar-refractivity contribution in [1.29, 1.82) is 5.26 Å². The van der Waals surface area contributed by atoms with Gasteiger partial charge in [-0.1, -0.05) is 29.5 Å². The molecule has 0 amide bonds. The number of aryl methyl sites for hydroxylation is 2. The van der Waals surface area contributed by atoms with Crippen molar-refractivity contribution in [2.75, 3.05) is 0 Å². The predicted molar refractivity (Wildman–Crippen MR) is 77.9 cm³/mol. The number of nitro benzene ring substituents is 1. The van der Waals surface area contributed by atoms with Crippen molar-refractivity contribution in [3.05, 3.63) is 63.2 Å². The fraction of sp³-hybridized carbons (Fsp3) is 0.133. The van der Waals surface area contributed by atoms with Gasteiger partial charge in [-0.2, -0.15) is 5.26 Å². The van der Waals surface area contributed by atoms with E-state index in [2.05, 4.69) is 6.07 Å². The molecular weight excluding hydrogens is 272 g/mol. The quantitative estimate of drug-likeness (QED) is 0.624. The van der Waals surface area contributed by atoms with Crippen molar-refractivity contribution < 1.29 is 4.92 Å². The van der Waals surface area contributed by atoms with E-state index in [-0.39, 0.29) is 11.3 Å². The van der Waals surface area contributed by atoms with Crippen molar-refractivity contribution in [2.45, 2.75) is 23.6 Å². The molecule has 0 N–H and O–H groups in total. The first-order valence-corrected chi connectivity index (χ1v) is 6.76. The van der Waals surface area contributed by atoms with Crippen LogP contribution in [0.4, 0.5) is 5.69 Å². The lowest BCUT2D eigenvalue weighted by Crippen LogP contribution is -1.92. The van der Waals surface area contributed by atoms with E-state index in [1.54, 1.807) is 12.1 Å². The molecule has 0 saturated carbocycles. The summed E-state index contributed by atoms with van der Waals surface area (Å²) in [6.07, 6.45) is 0. The monoisotopic (exact) mass is 284 g/mol. The molecule has 0 bridgehead atoms. The SMILES string of the molecule is Cc1ccc(Sc2ccc([N+](=O)[O-])c(C#N)c2)c(C)c1. The fourth-order valence-electron chi connectivity index (χ4n) is 1.87. The van der Waals surface area contributed by atoms with Crippen LogP contribution >= 0.6 is 11.8 Å². The zero-order valence-corrected chi connectivity index (χ0v) is 11.9.